The molecule has 1 aliphatic rings. The van der Waals surface area contributed by atoms with E-state index in [1.807, 2.05) is 0 Å². The minimum atomic E-state index is 0.232. The van der Waals surface area contributed by atoms with Crippen LogP contribution in [0.1, 0.15) is 33.1 Å². The highest BCUT2D eigenvalue weighted by Gasteiger charge is 2.34. The van der Waals surface area contributed by atoms with Crippen molar-refractivity contribution in [1.82, 2.24) is 10.2 Å². The van der Waals surface area contributed by atoms with Crippen LogP contribution in [0.15, 0.2) is 0 Å². The Morgan fingerprint density at radius 2 is 1.78 bits per heavy atom. The molecule has 1 heterocycles. The van der Waals surface area contributed by atoms with Crippen molar-refractivity contribution in [2.45, 2.75) is 51.4 Å². The number of rotatable bonds is 9. The maximum atomic E-state index is 5.47. The first-order valence-corrected chi connectivity index (χ1v) is 7.23. The van der Waals surface area contributed by atoms with E-state index in [1.165, 1.54) is 19.3 Å². The number of ether oxygens (including phenoxy) is 2. The first-order chi connectivity index (χ1) is 8.72. The maximum absolute atomic E-state index is 5.47. The van der Waals surface area contributed by atoms with Gasteiger partial charge in [-0.15, -0.1) is 0 Å². The van der Waals surface area contributed by atoms with E-state index in [0.29, 0.717) is 6.04 Å². The van der Waals surface area contributed by atoms with Crippen LogP contribution in [0.4, 0.5) is 0 Å². The monoisotopic (exact) mass is 258 g/mol. The van der Waals surface area contributed by atoms with Gasteiger partial charge >= 0.3 is 0 Å². The fraction of sp³-hybridized carbons (Fsp3) is 1.00. The molecule has 0 spiro atoms. The smallest absolute Gasteiger partial charge is 0.0971 e. The fourth-order valence-corrected chi connectivity index (χ4v) is 2.59. The lowest BCUT2D eigenvalue weighted by Crippen LogP contribution is -2.33. The highest BCUT2D eigenvalue weighted by Crippen LogP contribution is 2.19. The second-order valence-electron chi connectivity index (χ2n) is 5.24. The molecule has 1 rings (SSSR count). The van der Waals surface area contributed by atoms with Crippen LogP contribution in [0.3, 0.4) is 0 Å². The lowest BCUT2D eigenvalue weighted by molar-refractivity contribution is -0.00461. The van der Waals surface area contributed by atoms with Gasteiger partial charge in [0.1, 0.15) is 0 Å². The quantitative estimate of drug-likeness (QED) is 0.636. The molecule has 108 valence electrons. The molecule has 1 fully saturated rings. The highest BCUT2D eigenvalue weighted by molar-refractivity contribution is 4.88. The molecule has 1 saturated heterocycles. The number of likely N-dealkylation sites (tertiary alicyclic amines) is 1. The molecule has 1 aliphatic heterocycles. The number of methoxy groups -OCH3 is 2. The third kappa shape index (κ3) is 4.84. The minimum absolute atomic E-state index is 0.232. The first-order valence-electron chi connectivity index (χ1n) is 7.23. The van der Waals surface area contributed by atoms with Gasteiger partial charge in [-0.25, -0.2) is 0 Å². The Balaban J connectivity index is 2.20. The molecular formula is C14H30N2O2. The van der Waals surface area contributed by atoms with Crippen LogP contribution >= 0.6 is 0 Å². The number of nitrogens with zero attached hydrogens (tertiary/aromatic N) is 1. The second-order valence-corrected chi connectivity index (χ2v) is 5.24. The molecular weight excluding hydrogens is 228 g/mol. The lowest BCUT2D eigenvalue weighted by atomic mass is 10.1. The molecule has 1 N–H and O–H groups in total. The van der Waals surface area contributed by atoms with E-state index in [1.54, 1.807) is 14.2 Å². The van der Waals surface area contributed by atoms with Gasteiger partial charge in [-0.05, 0) is 39.3 Å². The van der Waals surface area contributed by atoms with E-state index in [2.05, 4.69) is 24.1 Å². The van der Waals surface area contributed by atoms with Crippen molar-refractivity contribution in [1.29, 1.82) is 0 Å². The Hall–Kier alpha value is -0.160. The zero-order valence-electron chi connectivity index (χ0n) is 12.4. The predicted molar refractivity (Wildman–Crippen MR) is 75.0 cm³/mol. The number of hydrogen-bond donors (Lipinski definition) is 1. The average molecular weight is 258 g/mol. The van der Waals surface area contributed by atoms with Gasteiger partial charge in [-0.1, -0.05) is 6.92 Å². The van der Waals surface area contributed by atoms with Crippen LogP contribution in [-0.2, 0) is 9.47 Å². The average Bonchev–Trinajstić information content (AvgIpc) is 2.81. The van der Waals surface area contributed by atoms with Gasteiger partial charge in [0, 0.05) is 33.4 Å². The molecule has 3 atom stereocenters. The van der Waals surface area contributed by atoms with Gasteiger partial charge in [0.15, 0.2) is 0 Å². The minimum Gasteiger partial charge on any atom is -0.377 e. The predicted octanol–water partition coefficient (Wildman–Crippen LogP) is 1.50. The van der Waals surface area contributed by atoms with Crippen molar-refractivity contribution in [2.24, 2.45) is 0 Å². The largest absolute Gasteiger partial charge is 0.377 e. The van der Waals surface area contributed by atoms with Crippen LogP contribution in [-0.4, -0.2) is 63.5 Å². The molecule has 0 amide bonds. The summed E-state index contributed by atoms with van der Waals surface area (Å²) in [6.45, 7) is 8.78. The molecule has 4 heteroatoms. The standard InChI is InChI=1S/C14H30N2O2/c1-5-8-15-9-6-7-12(2)16-10-13(17-3)14(11-16)18-4/h12-15H,5-11H2,1-4H3. The van der Waals surface area contributed by atoms with Gasteiger partial charge in [0.05, 0.1) is 12.2 Å². The van der Waals surface area contributed by atoms with Crippen molar-refractivity contribution in [3.63, 3.8) is 0 Å². The fourth-order valence-electron chi connectivity index (χ4n) is 2.59. The summed E-state index contributed by atoms with van der Waals surface area (Å²) < 4.78 is 10.9. The number of hydrogen-bond acceptors (Lipinski definition) is 4. The number of nitrogens with one attached hydrogen (secondary N) is 1. The van der Waals surface area contributed by atoms with Crippen LogP contribution < -0.4 is 5.32 Å². The summed E-state index contributed by atoms with van der Waals surface area (Å²) in [4.78, 5) is 2.49. The van der Waals surface area contributed by atoms with Crippen LogP contribution in [0.25, 0.3) is 0 Å². The van der Waals surface area contributed by atoms with Gasteiger partial charge in [-0.3, -0.25) is 4.90 Å². The summed E-state index contributed by atoms with van der Waals surface area (Å²) in [6, 6.07) is 0.617. The highest BCUT2D eigenvalue weighted by atomic mass is 16.5. The van der Waals surface area contributed by atoms with E-state index >= 15 is 0 Å². The SMILES string of the molecule is CCCNCCCC(C)N1CC(OC)C(OC)C1. The van der Waals surface area contributed by atoms with E-state index in [0.717, 1.165) is 26.2 Å². The summed E-state index contributed by atoms with van der Waals surface area (Å²) in [7, 11) is 3.55. The maximum Gasteiger partial charge on any atom is 0.0971 e. The first kappa shape index (κ1) is 15.9. The third-order valence-electron chi connectivity index (χ3n) is 3.87. The van der Waals surface area contributed by atoms with E-state index < -0.39 is 0 Å². The Bertz CT molecular complexity index is 202. The summed E-state index contributed by atoms with van der Waals surface area (Å²) >= 11 is 0. The van der Waals surface area contributed by atoms with Gasteiger partial charge in [0.2, 0.25) is 0 Å². The molecule has 0 aliphatic carbocycles. The molecule has 0 bridgehead atoms. The Morgan fingerprint density at radius 3 is 2.28 bits per heavy atom. The molecule has 3 unspecified atom stereocenters. The van der Waals surface area contributed by atoms with Gasteiger partial charge < -0.3 is 14.8 Å². The summed E-state index contributed by atoms with van der Waals surface area (Å²) in [5, 5.41) is 3.45. The lowest BCUT2D eigenvalue weighted by Gasteiger charge is -2.24. The van der Waals surface area contributed by atoms with Crippen molar-refractivity contribution in [3.8, 4) is 0 Å². The Kier molecular flexibility index (Phi) is 7.82. The molecule has 0 aromatic heterocycles. The third-order valence-corrected chi connectivity index (χ3v) is 3.87. The molecule has 0 saturated carbocycles. The molecule has 18 heavy (non-hydrogen) atoms. The molecule has 0 aromatic rings. The van der Waals surface area contributed by atoms with E-state index in [9.17, 15) is 0 Å². The second kappa shape index (κ2) is 8.86. The summed E-state index contributed by atoms with van der Waals surface area (Å²) in [5.74, 6) is 0. The van der Waals surface area contributed by atoms with E-state index in [4.69, 9.17) is 9.47 Å². The van der Waals surface area contributed by atoms with Crippen molar-refractivity contribution < 1.29 is 9.47 Å². The Morgan fingerprint density at radius 1 is 1.17 bits per heavy atom. The summed E-state index contributed by atoms with van der Waals surface area (Å²) in [5.41, 5.74) is 0. The Labute approximate surface area is 112 Å². The van der Waals surface area contributed by atoms with Gasteiger partial charge in [0.25, 0.3) is 0 Å². The molecule has 0 aromatic carbocycles. The van der Waals surface area contributed by atoms with Crippen molar-refractivity contribution >= 4 is 0 Å². The molecule has 0 radical (unpaired) electrons. The van der Waals surface area contributed by atoms with Gasteiger partial charge in [-0.2, -0.15) is 0 Å². The topological polar surface area (TPSA) is 33.7 Å². The van der Waals surface area contributed by atoms with E-state index in [-0.39, 0.29) is 12.2 Å². The zero-order valence-corrected chi connectivity index (χ0v) is 12.4. The normalized spacial score (nSPS) is 26.7. The summed E-state index contributed by atoms with van der Waals surface area (Å²) in [6.07, 6.45) is 4.16. The van der Waals surface area contributed by atoms with Crippen LogP contribution in [0.2, 0.25) is 0 Å². The van der Waals surface area contributed by atoms with Crippen LogP contribution in [0, 0.1) is 0 Å². The molecule has 4 nitrogen and oxygen atoms in total. The zero-order chi connectivity index (χ0) is 13.4. The van der Waals surface area contributed by atoms with Crippen LogP contribution in [0.5, 0.6) is 0 Å². The van der Waals surface area contributed by atoms with Crippen molar-refractivity contribution in [3.05, 3.63) is 0 Å². The van der Waals surface area contributed by atoms with Crippen molar-refractivity contribution in [2.75, 3.05) is 40.4 Å².